The van der Waals surface area contributed by atoms with Crippen molar-refractivity contribution in [2.75, 3.05) is 0 Å². The number of carboxylic acids is 2. The molecule has 1 aliphatic rings. The standard InChI is InChI=1S/C8H12O4.Ca.2H/c9-7(10)5-3-1-2-4-6(5)8(11)12;;;/h5-6H,1-4H2,(H,9,10)(H,11,12);;;/q;+2;2*-1/t5-,6+;;;. The molecule has 1 rings (SSSR count). The Morgan fingerprint density at radius 1 is 1.00 bits per heavy atom. The van der Waals surface area contributed by atoms with Gasteiger partial charge in [0, 0.05) is 0 Å². The fraction of sp³-hybridized carbons (Fsp3) is 0.750. The van der Waals surface area contributed by atoms with Crippen molar-refractivity contribution in [3.8, 4) is 0 Å². The van der Waals surface area contributed by atoms with Gasteiger partial charge in [-0.15, -0.1) is 0 Å². The largest absolute Gasteiger partial charge is 2.00 e. The van der Waals surface area contributed by atoms with E-state index >= 15 is 0 Å². The van der Waals surface area contributed by atoms with E-state index in [2.05, 4.69) is 0 Å². The molecule has 1 saturated carbocycles. The van der Waals surface area contributed by atoms with Gasteiger partial charge in [-0.2, -0.15) is 0 Å². The molecule has 1 fully saturated rings. The third-order valence-electron chi connectivity index (χ3n) is 2.40. The maximum Gasteiger partial charge on any atom is 2.00 e. The summed E-state index contributed by atoms with van der Waals surface area (Å²) in [6, 6.07) is 0. The van der Waals surface area contributed by atoms with Crippen LogP contribution in [0.3, 0.4) is 0 Å². The molecule has 13 heavy (non-hydrogen) atoms. The average molecular weight is 214 g/mol. The van der Waals surface area contributed by atoms with Crippen LogP contribution in [0.25, 0.3) is 0 Å². The third-order valence-corrected chi connectivity index (χ3v) is 2.40. The van der Waals surface area contributed by atoms with Crippen LogP contribution in [0.1, 0.15) is 28.5 Å². The summed E-state index contributed by atoms with van der Waals surface area (Å²) in [5, 5.41) is 17.4. The molecule has 0 aromatic carbocycles. The topological polar surface area (TPSA) is 74.6 Å². The summed E-state index contributed by atoms with van der Waals surface area (Å²) >= 11 is 0. The number of hydrogen-bond acceptors (Lipinski definition) is 2. The Hall–Kier alpha value is 0.200. The number of rotatable bonds is 2. The summed E-state index contributed by atoms with van der Waals surface area (Å²) in [5.74, 6) is -3.28. The van der Waals surface area contributed by atoms with E-state index in [1.165, 1.54) is 0 Å². The Kier molecular flexibility index (Phi) is 5.92. The Labute approximate surface area is 109 Å². The van der Waals surface area contributed by atoms with Gasteiger partial charge in [-0.25, -0.2) is 0 Å². The van der Waals surface area contributed by atoms with Gasteiger partial charge in [0.15, 0.2) is 0 Å². The van der Waals surface area contributed by atoms with E-state index in [-0.39, 0.29) is 40.6 Å². The van der Waals surface area contributed by atoms with E-state index in [0.717, 1.165) is 12.8 Å². The quantitative estimate of drug-likeness (QED) is 0.667. The van der Waals surface area contributed by atoms with Gasteiger partial charge in [0.2, 0.25) is 0 Å². The third kappa shape index (κ3) is 3.44. The number of aliphatic carboxylic acids is 2. The zero-order valence-electron chi connectivity index (χ0n) is 9.40. The predicted octanol–water partition coefficient (Wildman–Crippen LogP) is 0.806. The summed E-state index contributed by atoms with van der Waals surface area (Å²) in [5.41, 5.74) is 0. The Morgan fingerprint density at radius 3 is 1.54 bits per heavy atom. The molecule has 0 heterocycles. The number of hydrogen-bond donors (Lipinski definition) is 2. The molecule has 0 saturated heterocycles. The molecule has 5 heteroatoms. The van der Waals surface area contributed by atoms with Crippen molar-refractivity contribution < 1.29 is 22.7 Å². The molecular weight excluding hydrogens is 200 g/mol. The van der Waals surface area contributed by atoms with Crippen molar-refractivity contribution >= 4 is 49.7 Å². The van der Waals surface area contributed by atoms with Crippen LogP contribution in [0.2, 0.25) is 0 Å². The SMILES string of the molecule is O=C(O)[C@H]1CCCC[C@H]1C(=O)O.[Ca+2].[H-].[H-]. The van der Waals surface area contributed by atoms with Crippen LogP contribution in [0.5, 0.6) is 0 Å². The van der Waals surface area contributed by atoms with Crippen LogP contribution in [0.4, 0.5) is 0 Å². The first-order valence-corrected chi connectivity index (χ1v) is 4.08. The predicted molar refractivity (Wildman–Crippen MR) is 48.7 cm³/mol. The molecule has 72 valence electrons. The minimum atomic E-state index is -0.970. The van der Waals surface area contributed by atoms with Crippen molar-refractivity contribution in [1.82, 2.24) is 0 Å². The minimum absolute atomic E-state index is 0. The zero-order chi connectivity index (χ0) is 9.14. The van der Waals surface area contributed by atoms with E-state index in [4.69, 9.17) is 10.2 Å². The zero-order valence-corrected chi connectivity index (χ0v) is 9.61. The Morgan fingerprint density at radius 2 is 1.31 bits per heavy atom. The molecule has 2 atom stereocenters. The fourth-order valence-corrected chi connectivity index (χ4v) is 1.72. The first-order valence-electron chi connectivity index (χ1n) is 4.08. The Balaban J connectivity index is -0.000000480. The van der Waals surface area contributed by atoms with Crippen LogP contribution in [0.15, 0.2) is 0 Å². The monoisotopic (exact) mass is 214 g/mol. The van der Waals surface area contributed by atoms with Crippen molar-refractivity contribution in [1.29, 1.82) is 0 Å². The van der Waals surface area contributed by atoms with Crippen LogP contribution in [-0.2, 0) is 9.59 Å². The molecule has 0 aromatic heterocycles. The van der Waals surface area contributed by atoms with Gasteiger partial charge in [-0.1, -0.05) is 12.8 Å². The summed E-state index contributed by atoms with van der Waals surface area (Å²) < 4.78 is 0. The summed E-state index contributed by atoms with van der Waals surface area (Å²) in [6.07, 6.45) is 2.68. The van der Waals surface area contributed by atoms with E-state index in [9.17, 15) is 9.59 Å². The van der Waals surface area contributed by atoms with Gasteiger partial charge in [0.1, 0.15) is 0 Å². The normalized spacial score (nSPS) is 27.4. The fourth-order valence-electron chi connectivity index (χ4n) is 1.72. The summed E-state index contributed by atoms with van der Waals surface area (Å²) in [6.45, 7) is 0. The van der Waals surface area contributed by atoms with Crippen LogP contribution in [-0.4, -0.2) is 59.9 Å². The van der Waals surface area contributed by atoms with Crippen LogP contribution >= 0.6 is 0 Å². The second-order valence-electron chi connectivity index (χ2n) is 3.17. The second-order valence-corrected chi connectivity index (χ2v) is 3.17. The minimum Gasteiger partial charge on any atom is -1.00 e. The first kappa shape index (κ1) is 13.2. The molecule has 0 unspecified atom stereocenters. The maximum atomic E-state index is 10.6. The van der Waals surface area contributed by atoms with Gasteiger partial charge in [0.25, 0.3) is 0 Å². The van der Waals surface area contributed by atoms with Crippen molar-refractivity contribution in [2.45, 2.75) is 25.7 Å². The first-order chi connectivity index (χ1) is 5.63. The summed E-state index contributed by atoms with van der Waals surface area (Å²) in [7, 11) is 0. The van der Waals surface area contributed by atoms with E-state index in [1.807, 2.05) is 0 Å². The van der Waals surface area contributed by atoms with Gasteiger partial charge in [-0.3, -0.25) is 9.59 Å². The molecule has 0 bridgehead atoms. The van der Waals surface area contributed by atoms with Crippen molar-refractivity contribution in [3.63, 3.8) is 0 Å². The van der Waals surface area contributed by atoms with Gasteiger partial charge in [-0.05, 0) is 12.8 Å². The molecule has 0 amide bonds. The second kappa shape index (κ2) is 5.83. The van der Waals surface area contributed by atoms with Crippen molar-refractivity contribution in [3.05, 3.63) is 0 Å². The summed E-state index contributed by atoms with van der Waals surface area (Å²) in [4.78, 5) is 21.2. The number of carboxylic acid groups (broad SMARTS) is 2. The van der Waals surface area contributed by atoms with Gasteiger partial charge >= 0.3 is 49.7 Å². The van der Waals surface area contributed by atoms with E-state index in [0.29, 0.717) is 12.8 Å². The molecule has 2 N–H and O–H groups in total. The Bertz CT molecular complexity index is 191. The van der Waals surface area contributed by atoms with Crippen LogP contribution < -0.4 is 0 Å². The molecule has 0 aromatic rings. The van der Waals surface area contributed by atoms with E-state index < -0.39 is 23.8 Å². The molecule has 0 aliphatic heterocycles. The molecule has 0 radical (unpaired) electrons. The molecule has 4 nitrogen and oxygen atoms in total. The smallest absolute Gasteiger partial charge is 1.00 e. The van der Waals surface area contributed by atoms with Crippen molar-refractivity contribution in [2.24, 2.45) is 11.8 Å². The molecule has 0 spiro atoms. The van der Waals surface area contributed by atoms with E-state index in [1.54, 1.807) is 0 Å². The maximum absolute atomic E-state index is 10.6. The molecule has 1 aliphatic carbocycles. The van der Waals surface area contributed by atoms with Gasteiger partial charge < -0.3 is 13.1 Å². The van der Waals surface area contributed by atoms with Gasteiger partial charge in [0.05, 0.1) is 11.8 Å². The molecular formula is C8H14CaO4. The van der Waals surface area contributed by atoms with Crippen LogP contribution in [0, 0.1) is 11.8 Å². The average Bonchev–Trinajstić information content (AvgIpc) is 2.04. The number of carbonyl (C=O) groups is 2.